The van der Waals surface area contributed by atoms with Crippen LogP contribution in [-0.4, -0.2) is 22.6 Å². The highest BCUT2D eigenvalue weighted by Gasteiger charge is 2.20. The summed E-state index contributed by atoms with van der Waals surface area (Å²) in [6, 6.07) is 12.6. The third-order valence-corrected chi connectivity index (χ3v) is 6.43. The van der Waals surface area contributed by atoms with Gasteiger partial charge in [-0.2, -0.15) is 0 Å². The molecule has 0 amide bonds. The monoisotopic (exact) mass is 481 g/mol. The topological polar surface area (TPSA) is 64.6 Å². The van der Waals surface area contributed by atoms with E-state index >= 15 is 0 Å². The van der Waals surface area contributed by atoms with Gasteiger partial charge in [0.1, 0.15) is 11.6 Å². The Morgan fingerprint density at radius 2 is 1.53 bits per heavy atom. The van der Waals surface area contributed by atoms with Gasteiger partial charge in [0.25, 0.3) is 10.0 Å². The first-order chi connectivity index (χ1) is 15.2. The lowest BCUT2D eigenvalue weighted by Gasteiger charge is -2.16. The van der Waals surface area contributed by atoms with E-state index in [1.54, 1.807) is 13.2 Å². The van der Waals surface area contributed by atoms with E-state index in [9.17, 15) is 17.2 Å². The number of hydrogen-bond acceptors (Lipinski definition) is 4. The molecular formula is C23H22ClF2NO4S. The molecule has 0 radical (unpaired) electrons. The Bertz CT molecular complexity index is 1200. The third kappa shape index (κ3) is 5.63. The molecule has 0 heterocycles. The minimum absolute atomic E-state index is 0.0161. The van der Waals surface area contributed by atoms with Gasteiger partial charge < -0.3 is 9.47 Å². The summed E-state index contributed by atoms with van der Waals surface area (Å²) in [7, 11) is -0.954. The van der Waals surface area contributed by atoms with E-state index in [0.29, 0.717) is 22.8 Å². The minimum Gasteiger partial charge on any atom is -0.380 e. The number of anilines is 1. The largest absolute Gasteiger partial charge is 0.380 e. The van der Waals surface area contributed by atoms with Crippen LogP contribution in [0.3, 0.4) is 0 Å². The summed E-state index contributed by atoms with van der Waals surface area (Å²) < 4.78 is 67.3. The van der Waals surface area contributed by atoms with Crippen LogP contribution in [0.15, 0.2) is 59.5 Å². The number of halogens is 3. The quantitative estimate of drug-likeness (QED) is 0.450. The van der Waals surface area contributed by atoms with Crippen LogP contribution in [0.25, 0.3) is 0 Å². The number of methoxy groups -OCH3 is 2. The average Bonchev–Trinajstić information content (AvgIpc) is 2.74. The summed E-state index contributed by atoms with van der Waals surface area (Å²) in [5, 5.41) is 0.311. The van der Waals surface area contributed by atoms with Crippen LogP contribution in [0.1, 0.15) is 22.3 Å². The Balaban J connectivity index is 1.97. The highest BCUT2D eigenvalue weighted by atomic mass is 35.5. The maximum Gasteiger partial charge on any atom is 0.261 e. The van der Waals surface area contributed by atoms with Crippen molar-refractivity contribution in [3.63, 3.8) is 0 Å². The van der Waals surface area contributed by atoms with Crippen LogP contribution < -0.4 is 4.72 Å². The Morgan fingerprint density at radius 1 is 0.875 bits per heavy atom. The van der Waals surface area contributed by atoms with E-state index < -0.39 is 21.7 Å². The van der Waals surface area contributed by atoms with Crippen LogP contribution >= 0.6 is 11.6 Å². The molecule has 0 aliphatic heterocycles. The lowest BCUT2D eigenvalue weighted by molar-refractivity contribution is 0.168. The SMILES string of the molecule is COCc1ccc(S(=O)(=O)Nc2ccc(Cl)cc2Cc2c(F)cccc2F)cc1COC. The Kier molecular flexibility index (Phi) is 7.84. The fraction of sp³-hybridized carbons (Fsp3) is 0.217. The van der Waals surface area contributed by atoms with E-state index in [2.05, 4.69) is 4.72 Å². The molecule has 3 rings (SSSR count). The molecule has 0 saturated carbocycles. The fourth-order valence-corrected chi connectivity index (χ4v) is 4.60. The molecule has 0 atom stereocenters. The molecule has 32 heavy (non-hydrogen) atoms. The minimum atomic E-state index is -4.01. The van der Waals surface area contributed by atoms with E-state index in [1.165, 1.54) is 43.5 Å². The van der Waals surface area contributed by atoms with Crippen molar-refractivity contribution in [2.75, 3.05) is 18.9 Å². The van der Waals surface area contributed by atoms with Gasteiger partial charge in [0.05, 0.1) is 23.8 Å². The predicted molar refractivity (Wildman–Crippen MR) is 119 cm³/mol. The molecule has 0 spiro atoms. The molecule has 0 fully saturated rings. The summed E-state index contributed by atoms with van der Waals surface area (Å²) >= 11 is 6.06. The van der Waals surface area contributed by atoms with E-state index in [4.69, 9.17) is 21.1 Å². The number of rotatable bonds is 9. The summed E-state index contributed by atoms with van der Waals surface area (Å²) in [5.41, 5.74) is 1.79. The van der Waals surface area contributed by atoms with Gasteiger partial charge in [-0.25, -0.2) is 17.2 Å². The average molecular weight is 482 g/mol. The van der Waals surface area contributed by atoms with Gasteiger partial charge in [0, 0.05) is 31.2 Å². The summed E-state index contributed by atoms with van der Waals surface area (Å²) in [6.07, 6.45) is -0.182. The van der Waals surface area contributed by atoms with Crippen molar-refractivity contribution >= 4 is 27.3 Å². The predicted octanol–water partition coefficient (Wildman–Crippen LogP) is 5.30. The zero-order valence-corrected chi connectivity index (χ0v) is 19.1. The van der Waals surface area contributed by atoms with Crippen molar-refractivity contribution in [2.24, 2.45) is 0 Å². The van der Waals surface area contributed by atoms with Crippen molar-refractivity contribution in [3.05, 3.63) is 93.5 Å². The zero-order chi connectivity index (χ0) is 23.3. The van der Waals surface area contributed by atoms with Crippen LogP contribution in [0.2, 0.25) is 5.02 Å². The summed E-state index contributed by atoms with van der Waals surface area (Å²) in [4.78, 5) is 0.0161. The van der Waals surface area contributed by atoms with Crippen molar-refractivity contribution in [1.29, 1.82) is 0 Å². The van der Waals surface area contributed by atoms with Crippen molar-refractivity contribution in [2.45, 2.75) is 24.5 Å². The summed E-state index contributed by atoms with van der Waals surface area (Å²) in [5.74, 6) is -1.45. The second-order valence-electron chi connectivity index (χ2n) is 7.08. The number of sulfonamides is 1. The van der Waals surface area contributed by atoms with Gasteiger partial charge in [-0.3, -0.25) is 4.72 Å². The Hall–Kier alpha value is -2.52. The number of ether oxygens (including phenoxy) is 2. The van der Waals surface area contributed by atoms with E-state index in [-0.39, 0.29) is 29.2 Å². The standard InChI is InChI=1S/C23H22ClF2NO4S/c1-30-13-15-6-8-19(11-17(15)14-31-2)32(28,29)27-23-9-7-18(24)10-16(23)12-20-21(25)4-3-5-22(20)26/h3-11,27H,12-14H2,1-2H3. The molecule has 1 N–H and O–H groups in total. The lowest BCUT2D eigenvalue weighted by atomic mass is 10.0. The third-order valence-electron chi connectivity index (χ3n) is 4.83. The fourth-order valence-electron chi connectivity index (χ4n) is 3.26. The van der Waals surface area contributed by atoms with Gasteiger partial charge in [0.15, 0.2) is 0 Å². The second kappa shape index (κ2) is 10.4. The first-order valence-electron chi connectivity index (χ1n) is 9.59. The zero-order valence-electron chi connectivity index (χ0n) is 17.5. The van der Waals surface area contributed by atoms with Gasteiger partial charge in [-0.1, -0.05) is 23.7 Å². The maximum atomic E-state index is 14.2. The molecule has 3 aromatic rings. The van der Waals surface area contributed by atoms with E-state index in [0.717, 1.165) is 17.7 Å². The molecule has 0 aromatic heterocycles. The van der Waals surface area contributed by atoms with Crippen LogP contribution in [0.4, 0.5) is 14.5 Å². The molecule has 5 nitrogen and oxygen atoms in total. The van der Waals surface area contributed by atoms with Crippen LogP contribution in [0.5, 0.6) is 0 Å². The molecule has 0 bridgehead atoms. The Morgan fingerprint density at radius 3 is 2.19 bits per heavy atom. The van der Waals surface area contributed by atoms with Gasteiger partial charge >= 0.3 is 0 Å². The first kappa shape index (κ1) is 24.1. The summed E-state index contributed by atoms with van der Waals surface area (Å²) in [6.45, 7) is 0.517. The molecule has 3 aromatic carbocycles. The number of benzene rings is 3. The van der Waals surface area contributed by atoms with Crippen molar-refractivity contribution in [3.8, 4) is 0 Å². The number of nitrogens with one attached hydrogen (secondary N) is 1. The van der Waals surface area contributed by atoms with Crippen LogP contribution in [0, 0.1) is 11.6 Å². The Labute approximate surface area is 191 Å². The van der Waals surface area contributed by atoms with Gasteiger partial charge in [-0.15, -0.1) is 0 Å². The second-order valence-corrected chi connectivity index (χ2v) is 9.20. The smallest absolute Gasteiger partial charge is 0.261 e. The molecular weight excluding hydrogens is 460 g/mol. The highest BCUT2D eigenvalue weighted by molar-refractivity contribution is 7.92. The van der Waals surface area contributed by atoms with Gasteiger partial charge in [-0.05, 0) is 59.2 Å². The first-order valence-corrected chi connectivity index (χ1v) is 11.4. The molecule has 0 unspecified atom stereocenters. The van der Waals surface area contributed by atoms with Crippen LogP contribution in [-0.2, 0) is 39.1 Å². The molecule has 0 aliphatic rings. The lowest BCUT2D eigenvalue weighted by Crippen LogP contribution is -2.15. The van der Waals surface area contributed by atoms with E-state index in [1.807, 2.05) is 0 Å². The normalized spacial score (nSPS) is 11.5. The number of hydrogen-bond donors (Lipinski definition) is 1. The molecule has 0 aliphatic carbocycles. The molecule has 9 heteroatoms. The van der Waals surface area contributed by atoms with Crippen molar-refractivity contribution < 1.29 is 26.7 Å². The van der Waals surface area contributed by atoms with Crippen molar-refractivity contribution in [1.82, 2.24) is 0 Å². The maximum absolute atomic E-state index is 14.2. The molecule has 170 valence electrons. The highest BCUT2D eigenvalue weighted by Crippen LogP contribution is 2.28. The molecule has 0 saturated heterocycles. The van der Waals surface area contributed by atoms with Gasteiger partial charge in [0.2, 0.25) is 0 Å².